The molecule has 4 heteroatoms. The number of β-amino-alcohol motifs (C(OH)–C–C–N with tert-alkyl or cyclic N) is 1. The molecule has 4 rings (SSSR count). The van der Waals surface area contributed by atoms with E-state index in [1.807, 2.05) is 31.2 Å². The number of pyridine rings is 1. The maximum absolute atomic E-state index is 13.1. The number of likely N-dealkylation sites (tertiary alicyclic amines) is 1. The first-order valence-corrected chi connectivity index (χ1v) is 8.50. The van der Waals surface area contributed by atoms with Crippen LogP contribution in [-0.2, 0) is 0 Å². The number of aliphatic hydroxyl groups is 1. The molecule has 1 amide bonds. The molecule has 0 radical (unpaired) electrons. The predicted molar refractivity (Wildman–Crippen MR) is 89.6 cm³/mol. The van der Waals surface area contributed by atoms with Crippen LogP contribution in [0.1, 0.15) is 53.2 Å². The molecular weight excluding hydrogens is 288 g/mol. The van der Waals surface area contributed by atoms with Crippen molar-refractivity contribution in [1.29, 1.82) is 0 Å². The molecule has 0 spiro atoms. The minimum atomic E-state index is -0.398. The number of carbonyl (C=O) groups excluding carboxylic acids is 1. The summed E-state index contributed by atoms with van der Waals surface area (Å²) in [4.78, 5) is 19.6. The first-order chi connectivity index (χ1) is 11.1. The number of aryl methyl sites for hydroxylation is 1. The monoisotopic (exact) mass is 310 g/mol. The molecule has 2 fully saturated rings. The number of carbonyl (C=O) groups is 1. The van der Waals surface area contributed by atoms with E-state index in [0.29, 0.717) is 12.5 Å². The molecule has 1 aromatic carbocycles. The Bertz CT molecular complexity index is 767. The van der Waals surface area contributed by atoms with E-state index in [0.717, 1.165) is 47.1 Å². The quantitative estimate of drug-likeness (QED) is 0.927. The molecule has 1 atom stereocenters. The van der Waals surface area contributed by atoms with E-state index < -0.39 is 6.10 Å². The van der Waals surface area contributed by atoms with Gasteiger partial charge in [-0.3, -0.25) is 9.78 Å². The first-order valence-electron chi connectivity index (χ1n) is 8.50. The zero-order valence-electron chi connectivity index (χ0n) is 13.5. The van der Waals surface area contributed by atoms with Gasteiger partial charge in [0.05, 0.1) is 17.2 Å². The van der Waals surface area contributed by atoms with Crippen molar-refractivity contribution in [2.24, 2.45) is 0 Å². The van der Waals surface area contributed by atoms with Gasteiger partial charge in [0.1, 0.15) is 0 Å². The van der Waals surface area contributed by atoms with Crippen molar-refractivity contribution in [2.75, 3.05) is 13.1 Å². The molecule has 2 aromatic rings. The van der Waals surface area contributed by atoms with E-state index in [2.05, 4.69) is 0 Å². The molecule has 2 aliphatic rings. The topological polar surface area (TPSA) is 53.4 Å². The largest absolute Gasteiger partial charge is 0.391 e. The van der Waals surface area contributed by atoms with Crippen LogP contribution in [0.3, 0.4) is 0 Å². The maximum atomic E-state index is 13.1. The standard InChI is InChI=1S/C19H22N2O2/c1-12-4-7-17-15(9-12)16(10-18(20-17)13-5-6-13)19(23)21-8-2-3-14(22)11-21/h4,7,9-10,13-14,22H,2-3,5-6,8,11H2,1H3. The van der Waals surface area contributed by atoms with Gasteiger partial charge in [0.2, 0.25) is 0 Å². The Morgan fingerprint density at radius 3 is 2.83 bits per heavy atom. The third-order valence-corrected chi connectivity index (χ3v) is 4.89. The molecule has 1 saturated heterocycles. The van der Waals surface area contributed by atoms with Crippen molar-refractivity contribution in [3.05, 3.63) is 41.1 Å². The summed E-state index contributed by atoms with van der Waals surface area (Å²) in [6.45, 7) is 3.20. The second-order valence-corrected chi connectivity index (χ2v) is 6.94. The molecule has 4 nitrogen and oxygen atoms in total. The molecule has 1 aromatic heterocycles. The van der Waals surface area contributed by atoms with Crippen LogP contribution in [0.15, 0.2) is 24.3 Å². The summed E-state index contributed by atoms with van der Waals surface area (Å²) in [5.41, 5.74) is 3.82. The third-order valence-electron chi connectivity index (χ3n) is 4.89. The number of aromatic nitrogens is 1. The Hall–Kier alpha value is -1.94. The van der Waals surface area contributed by atoms with Gasteiger partial charge in [-0.25, -0.2) is 0 Å². The molecule has 1 N–H and O–H groups in total. The lowest BCUT2D eigenvalue weighted by molar-refractivity contribution is 0.0475. The van der Waals surface area contributed by atoms with Gasteiger partial charge >= 0.3 is 0 Å². The van der Waals surface area contributed by atoms with Crippen LogP contribution in [0.25, 0.3) is 10.9 Å². The molecule has 0 bridgehead atoms. The van der Waals surface area contributed by atoms with Crippen LogP contribution in [0, 0.1) is 6.92 Å². The summed E-state index contributed by atoms with van der Waals surface area (Å²) in [5.74, 6) is 0.544. The Kier molecular flexibility index (Phi) is 3.57. The van der Waals surface area contributed by atoms with Gasteiger partial charge in [-0.15, -0.1) is 0 Å². The number of rotatable bonds is 2. The van der Waals surface area contributed by atoms with Crippen molar-refractivity contribution >= 4 is 16.8 Å². The zero-order chi connectivity index (χ0) is 16.0. The molecule has 120 valence electrons. The highest BCUT2D eigenvalue weighted by Gasteiger charge is 2.29. The van der Waals surface area contributed by atoms with Crippen LogP contribution >= 0.6 is 0 Å². The van der Waals surface area contributed by atoms with Crippen molar-refractivity contribution in [3.8, 4) is 0 Å². The number of aliphatic hydroxyl groups excluding tert-OH is 1. The van der Waals surface area contributed by atoms with E-state index >= 15 is 0 Å². The number of benzene rings is 1. The smallest absolute Gasteiger partial charge is 0.254 e. The molecule has 2 heterocycles. The van der Waals surface area contributed by atoms with E-state index in [1.165, 1.54) is 12.8 Å². The molecule has 1 aliphatic heterocycles. The average molecular weight is 310 g/mol. The number of fused-ring (bicyclic) bond motifs is 1. The second-order valence-electron chi connectivity index (χ2n) is 6.94. The molecule has 1 aliphatic carbocycles. The summed E-state index contributed by atoms with van der Waals surface area (Å²) in [7, 11) is 0. The van der Waals surface area contributed by atoms with Crippen LogP contribution in [0.4, 0.5) is 0 Å². The normalized spacial score (nSPS) is 21.7. The number of hydrogen-bond acceptors (Lipinski definition) is 3. The number of piperidine rings is 1. The molecule has 1 unspecified atom stereocenters. The lowest BCUT2D eigenvalue weighted by Gasteiger charge is -2.30. The van der Waals surface area contributed by atoms with Crippen LogP contribution in [-0.4, -0.2) is 40.1 Å². The van der Waals surface area contributed by atoms with Crippen molar-refractivity contribution in [2.45, 2.75) is 44.6 Å². The van der Waals surface area contributed by atoms with Crippen LogP contribution in [0.5, 0.6) is 0 Å². The van der Waals surface area contributed by atoms with Crippen LogP contribution in [0.2, 0.25) is 0 Å². The third kappa shape index (κ3) is 2.83. The molecular formula is C19H22N2O2. The fraction of sp³-hybridized carbons (Fsp3) is 0.474. The summed E-state index contributed by atoms with van der Waals surface area (Å²) < 4.78 is 0. The van der Waals surface area contributed by atoms with Gasteiger partial charge in [-0.05, 0) is 50.8 Å². The molecule has 23 heavy (non-hydrogen) atoms. The zero-order valence-corrected chi connectivity index (χ0v) is 13.5. The summed E-state index contributed by atoms with van der Waals surface area (Å²) >= 11 is 0. The Morgan fingerprint density at radius 2 is 2.09 bits per heavy atom. The highest BCUT2D eigenvalue weighted by Crippen LogP contribution is 2.40. The first kappa shape index (κ1) is 14.6. The highest BCUT2D eigenvalue weighted by atomic mass is 16.3. The van der Waals surface area contributed by atoms with E-state index in [4.69, 9.17) is 4.98 Å². The number of amides is 1. The Labute approximate surface area is 136 Å². The minimum absolute atomic E-state index is 0.0312. The second kappa shape index (κ2) is 5.60. The maximum Gasteiger partial charge on any atom is 0.254 e. The minimum Gasteiger partial charge on any atom is -0.391 e. The fourth-order valence-electron chi connectivity index (χ4n) is 3.43. The number of nitrogens with zero attached hydrogens (tertiary/aromatic N) is 2. The predicted octanol–water partition coefficient (Wildman–Crippen LogP) is 3.02. The van der Waals surface area contributed by atoms with Crippen molar-refractivity contribution < 1.29 is 9.90 Å². The van der Waals surface area contributed by atoms with Gasteiger partial charge in [-0.1, -0.05) is 11.6 Å². The molecule has 1 saturated carbocycles. The van der Waals surface area contributed by atoms with Crippen molar-refractivity contribution in [3.63, 3.8) is 0 Å². The fourth-order valence-corrected chi connectivity index (χ4v) is 3.43. The van der Waals surface area contributed by atoms with Gasteiger partial charge in [0.15, 0.2) is 0 Å². The SMILES string of the molecule is Cc1ccc2nc(C3CC3)cc(C(=O)N3CCCC(O)C3)c2c1. The van der Waals surface area contributed by atoms with Gasteiger partial charge < -0.3 is 10.0 Å². The van der Waals surface area contributed by atoms with E-state index in [1.54, 1.807) is 4.90 Å². The van der Waals surface area contributed by atoms with Crippen molar-refractivity contribution in [1.82, 2.24) is 9.88 Å². The van der Waals surface area contributed by atoms with Gasteiger partial charge in [0.25, 0.3) is 5.91 Å². The Morgan fingerprint density at radius 1 is 1.26 bits per heavy atom. The number of hydrogen-bond donors (Lipinski definition) is 1. The van der Waals surface area contributed by atoms with Gasteiger partial charge in [0, 0.05) is 30.1 Å². The lowest BCUT2D eigenvalue weighted by atomic mass is 10.0. The summed E-state index contributed by atoms with van der Waals surface area (Å²) in [6, 6.07) is 8.10. The van der Waals surface area contributed by atoms with Gasteiger partial charge in [-0.2, -0.15) is 0 Å². The van der Waals surface area contributed by atoms with Crippen LogP contribution < -0.4 is 0 Å². The van der Waals surface area contributed by atoms with E-state index in [9.17, 15) is 9.90 Å². The highest BCUT2D eigenvalue weighted by molar-refractivity contribution is 6.06. The summed E-state index contributed by atoms with van der Waals surface area (Å²) in [5, 5.41) is 10.8. The van der Waals surface area contributed by atoms with E-state index in [-0.39, 0.29) is 5.91 Å². The lowest BCUT2D eigenvalue weighted by Crippen LogP contribution is -2.42. The average Bonchev–Trinajstić information content (AvgIpc) is 3.38. The summed E-state index contributed by atoms with van der Waals surface area (Å²) in [6.07, 6.45) is 3.59. The Balaban J connectivity index is 1.80.